The molecule has 0 bridgehead atoms. The monoisotopic (exact) mass is 306 g/mol. The topological polar surface area (TPSA) is 59.8 Å². The van der Waals surface area contributed by atoms with Crippen LogP contribution in [-0.4, -0.2) is 20.7 Å². The van der Waals surface area contributed by atoms with Gasteiger partial charge in [-0.15, -0.1) is 0 Å². The van der Waals surface area contributed by atoms with E-state index in [0.717, 1.165) is 27.7 Å². The number of benzene rings is 1. The maximum atomic E-state index is 11.2. The molecule has 0 aliphatic rings. The fourth-order valence-electron chi connectivity index (χ4n) is 2.66. The number of rotatable bonds is 4. The predicted octanol–water partition coefficient (Wildman–Crippen LogP) is 2.75. The molecule has 0 fully saturated rings. The molecule has 3 rings (SSSR count). The molecular formula is C18H18N4O. The lowest BCUT2D eigenvalue weighted by atomic mass is 10.0. The molecule has 23 heavy (non-hydrogen) atoms. The number of aryl methyl sites for hydroxylation is 2. The first-order valence-electron chi connectivity index (χ1n) is 7.36. The van der Waals surface area contributed by atoms with Crippen LogP contribution < -0.4 is 5.32 Å². The zero-order valence-corrected chi connectivity index (χ0v) is 13.2. The maximum absolute atomic E-state index is 11.2. The van der Waals surface area contributed by atoms with Crippen LogP contribution in [0.5, 0.6) is 0 Å². The highest BCUT2D eigenvalue weighted by Crippen LogP contribution is 2.26. The SMILES string of the molecule is C=CC(=O)NCc1ccc(-c2cc(C)c3c(cnn3C)c2)nc1. The maximum Gasteiger partial charge on any atom is 0.243 e. The number of nitrogens with one attached hydrogen (secondary N) is 1. The van der Waals surface area contributed by atoms with Crippen molar-refractivity contribution in [2.45, 2.75) is 13.5 Å². The minimum Gasteiger partial charge on any atom is -0.348 e. The number of amides is 1. The van der Waals surface area contributed by atoms with E-state index in [2.05, 4.69) is 41.0 Å². The number of nitrogens with zero attached hydrogens (tertiary/aromatic N) is 3. The fraction of sp³-hybridized carbons (Fsp3) is 0.167. The summed E-state index contributed by atoms with van der Waals surface area (Å²) in [5.74, 6) is -0.188. The molecule has 0 atom stereocenters. The van der Waals surface area contributed by atoms with E-state index in [-0.39, 0.29) is 5.91 Å². The molecule has 0 unspecified atom stereocenters. The Kier molecular flexibility index (Phi) is 3.93. The normalized spacial score (nSPS) is 10.7. The Balaban J connectivity index is 1.87. The molecule has 5 nitrogen and oxygen atoms in total. The minimum atomic E-state index is -0.188. The average Bonchev–Trinajstić information content (AvgIpc) is 2.94. The van der Waals surface area contributed by atoms with Crippen molar-refractivity contribution in [2.75, 3.05) is 0 Å². The molecule has 1 N–H and O–H groups in total. The third kappa shape index (κ3) is 2.99. The zero-order chi connectivity index (χ0) is 16.4. The van der Waals surface area contributed by atoms with Crippen LogP contribution in [0, 0.1) is 6.92 Å². The summed E-state index contributed by atoms with van der Waals surface area (Å²) >= 11 is 0. The van der Waals surface area contributed by atoms with Gasteiger partial charge in [-0.1, -0.05) is 12.6 Å². The number of aromatic nitrogens is 3. The number of carbonyl (C=O) groups excluding carboxylic acids is 1. The number of carbonyl (C=O) groups is 1. The van der Waals surface area contributed by atoms with Crippen molar-refractivity contribution in [3.05, 3.63) is 60.4 Å². The van der Waals surface area contributed by atoms with Crippen LogP contribution in [0.4, 0.5) is 0 Å². The minimum absolute atomic E-state index is 0.188. The van der Waals surface area contributed by atoms with Crippen molar-refractivity contribution in [3.63, 3.8) is 0 Å². The molecular weight excluding hydrogens is 288 g/mol. The predicted molar refractivity (Wildman–Crippen MR) is 90.7 cm³/mol. The summed E-state index contributed by atoms with van der Waals surface area (Å²) in [6.45, 7) is 5.95. The molecule has 1 amide bonds. The van der Waals surface area contributed by atoms with E-state index >= 15 is 0 Å². The van der Waals surface area contributed by atoms with Crippen LogP contribution >= 0.6 is 0 Å². The number of hydrogen-bond acceptors (Lipinski definition) is 3. The third-order valence-corrected chi connectivity index (χ3v) is 3.80. The second-order valence-electron chi connectivity index (χ2n) is 5.47. The summed E-state index contributed by atoms with van der Waals surface area (Å²) in [5, 5.41) is 8.14. The van der Waals surface area contributed by atoms with Crippen molar-refractivity contribution in [3.8, 4) is 11.3 Å². The quantitative estimate of drug-likeness (QED) is 0.754. The number of fused-ring (bicyclic) bond motifs is 1. The van der Waals surface area contributed by atoms with Crippen LogP contribution in [0.1, 0.15) is 11.1 Å². The Morgan fingerprint density at radius 3 is 2.87 bits per heavy atom. The second-order valence-corrected chi connectivity index (χ2v) is 5.47. The van der Waals surface area contributed by atoms with Gasteiger partial charge in [0, 0.05) is 30.7 Å². The molecule has 2 heterocycles. The zero-order valence-electron chi connectivity index (χ0n) is 13.2. The van der Waals surface area contributed by atoms with Gasteiger partial charge >= 0.3 is 0 Å². The van der Waals surface area contributed by atoms with Crippen LogP contribution in [0.3, 0.4) is 0 Å². The molecule has 116 valence electrons. The smallest absolute Gasteiger partial charge is 0.243 e. The van der Waals surface area contributed by atoms with E-state index in [4.69, 9.17) is 0 Å². The first kappa shape index (κ1) is 15.0. The Morgan fingerprint density at radius 1 is 1.35 bits per heavy atom. The lowest BCUT2D eigenvalue weighted by molar-refractivity contribution is -0.116. The summed E-state index contributed by atoms with van der Waals surface area (Å²) in [6, 6.07) is 8.14. The van der Waals surface area contributed by atoms with Crippen molar-refractivity contribution in [1.29, 1.82) is 0 Å². The molecule has 0 aliphatic heterocycles. The molecule has 0 saturated carbocycles. The largest absolute Gasteiger partial charge is 0.348 e. The van der Waals surface area contributed by atoms with Crippen molar-refractivity contribution >= 4 is 16.8 Å². The highest BCUT2D eigenvalue weighted by Gasteiger charge is 2.08. The summed E-state index contributed by atoms with van der Waals surface area (Å²) in [6.07, 6.45) is 4.90. The Labute approximate surface area is 134 Å². The van der Waals surface area contributed by atoms with Gasteiger partial charge < -0.3 is 5.32 Å². The standard InChI is InChI=1S/C18H18N4O/c1-4-17(23)20-10-13-5-6-16(19-9-13)14-7-12(2)18-15(8-14)11-21-22(18)3/h4-9,11H,1,10H2,2-3H3,(H,20,23). The van der Waals surface area contributed by atoms with Crippen molar-refractivity contribution in [2.24, 2.45) is 7.05 Å². The van der Waals surface area contributed by atoms with Crippen molar-refractivity contribution < 1.29 is 4.79 Å². The van der Waals surface area contributed by atoms with Gasteiger partial charge in [-0.2, -0.15) is 5.10 Å². The van der Waals surface area contributed by atoms with Gasteiger partial charge in [0.15, 0.2) is 0 Å². The third-order valence-electron chi connectivity index (χ3n) is 3.80. The molecule has 2 aromatic heterocycles. The van der Waals surface area contributed by atoms with E-state index in [1.54, 1.807) is 6.20 Å². The molecule has 5 heteroatoms. The highest BCUT2D eigenvalue weighted by molar-refractivity contribution is 5.87. The Bertz CT molecular complexity index is 878. The lowest BCUT2D eigenvalue weighted by Gasteiger charge is -2.07. The Hall–Kier alpha value is -2.95. The first-order chi connectivity index (χ1) is 11.1. The molecule has 0 spiro atoms. The van der Waals surface area contributed by atoms with Gasteiger partial charge in [-0.3, -0.25) is 14.5 Å². The summed E-state index contributed by atoms with van der Waals surface area (Å²) in [7, 11) is 1.94. The van der Waals surface area contributed by atoms with Crippen LogP contribution in [0.2, 0.25) is 0 Å². The van der Waals surface area contributed by atoms with E-state index < -0.39 is 0 Å². The van der Waals surface area contributed by atoms with Gasteiger partial charge in [0.2, 0.25) is 5.91 Å². The Morgan fingerprint density at radius 2 is 2.17 bits per heavy atom. The van der Waals surface area contributed by atoms with Gasteiger partial charge in [-0.25, -0.2) is 0 Å². The summed E-state index contributed by atoms with van der Waals surface area (Å²) < 4.78 is 1.88. The molecule has 0 radical (unpaired) electrons. The fourth-order valence-corrected chi connectivity index (χ4v) is 2.66. The van der Waals surface area contributed by atoms with Crippen LogP contribution in [0.15, 0.2) is 49.3 Å². The van der Waals surface area contributed by atoms with Gasteiger partial charge in [-0.05, 0) is 42.3 Å². The van der Waals surface area contributed by atoms with Crippen molar-refractivity contribution in [1.82, 2.24) is 20.1 Å². The van der Waals surface area contributed by atoms with E-state index in [0.29, 0.717) is 6.54 Å². The molecule has 3 aromatic rings. The van der Waals surface area contributed by atoms with Crippen LogP contribution in [0.25, 0.3) is 22.2 Å². The van der Waals surface area contributed by atoms with Gasteiger partial charge in [0.05, 0.1) is 17.4 Å². The van der Waals surface area contributed by atoms with E-state index in [1.807, 2.05) is 30.1 Å². The number of hydrogen-bond donors (Lipinski definition) is 1. The van der Waals surface area contributed by atoms with E-state index in [1.165, 1.54) is 11.6 Å². The van der Waals surface area contributed by atoms with Gasteiger partial charge in [0.1, 0.15) is 0 Å². The molecule has 0 aliphatic carbocycles. The second kappa shape index (κ2) is 6.04. The average molecular weight is 306 g/mol. The summed E-state index contributed by atoms with van der Waals surface area (Å²) in [4.78, 5) is 15.7. The first-order valence-corrected chi connectivity index (χ1v) is 7.36. The number of pyridine rings is 1. The lowest BCUT2D eigenvalue weighted by Crippen LogP contribution is -2.19. The molecule has 0 saturated heterocycles. The van der Waals surface area contributed by atoms with E-state index in [9.17, 15) is 4.79 Å². The molecule has 1 aromatic carbocycles. The summed E-state index contributed by atoms with van der Waals surface area (Å²) in [5.41, 5.74) is 5.21. The van der Waals surface area contributed by atoms with Gasteiger partial charge in [0.25, 0.3) is 0 Å². The van der Waals surface area contributed by atoms with Crippen LogP contribution in [-0.2, 0) is 18.4 Å². The highest BCUT2D eigenvalue weighted by atomic mass is 16.1.